The molecule has 28 heavy (non-hydrogen) atoms. The molecule has 6 heteroatoms. The maximum Gasteiger partial charge on any atom is 0.200 e. The molecule has 3 N–H and O–H groups in total. The van der Waals surface area contributed by atoms with E-state index in [1.54, 1.807) is 24.4 Å². The Labute approximate surface area is 161 Å². The van der Waals surface area contributed by atoms with Crippen LogP contribution in [0.1, 0.15) is 19.7 Å². The fraction of sp³-hybridized carbons (Fsp3) is 0.136. The Balaban J connectivity index is 1.83. The zero-order valence-electron chi connectivity index (χ0n) is 15.9. The van der Waals surface area contributed by atoms with Gasteiger partial charge in [0.15, 0.2) is 5.43 Å². The number of rotatable bonds is 3. The second-order valence-electron chi connectivity index (χ2n) is 6.90. The maximum absolute atomic E-state index is 13.1. The summed E-state index contributed by atoms with van der Waals surface area (Å²) in [6.07, 6.45) is 3.25. The monoisotopic (exact) mass is 372 g/mol. The van der Waals surface area contributed by atoms with Crippen LogP contribution in [0.25, 0.3) is 33.4 Å². The topological polar surface area (TPSA) is 97.3 Å². The van der Waals surface area contributed by atoms with Gasteiger partial charge in [0.1, 0.15) is 17.7 Å². The molecule has 4 aromatic rings. The van der Waals surface area contributed by atoms with Gasteiger partial charge in [-0.05, 0) is 50.6 Å². The molecular formula is C22H20N4O2. The van der Waals surface area contributed by atoms with Crippen LogP contribution < -0.4 is 11.2 Å². The van der Waals surface area contributed by atoms with Gasteiger partial charge in [-0.25, -0.2) is 4.98 Å². The van der Waals surface area contributed by atoms with Crippen LogP contribution in [-0.4, -0.2) is 15.7 Å². The summed E-state index contributed by atoms with van der Waals surface area (Å²) in [4.78, 5) is 24.9. The number of fused-ring (bicyclic) bond motifs is 1. The number of benzene rings is 2. The van der Waals surface area contributed by atoms with Crippen LogP contribution in [0, 0.1) is 6.92 Å². The van der Waals surface area contributed by atoms with Crippen LogP contribution in [0.3, 0.4) is 0 Å². The molecule has 0 aliphatic rings. The van der Waals surface area contributed by atoms with Gasteiger partial charge in [-0.3, -0.25) is 9.79 Å². The van der Waals surface area contributed by atoms with Gasteiger partial charge in [0.05, 0.1) is 34.2 Å². The molecule has 0 radical (unpaired) electrons. The molecule has 2 heterocycles. The number of hydrogen-bond acceptors (Lipinski definition) is 5. The number of nitrogens with zero attached hydrogens (tertiary/aromatic N) is 2. The number of aromatic nitrogens is 2. The summed E-state index contributed by atoms with van der Waals surface area (Å²) in [5.41, 5.74) is 11.5. The number of aromatic amines is 1. The number of nitrogen functional groups attached to an aromatic ring is 1. The Morgan fingerprint density at radius 3 is 2.64 bits per heavy atom. The summed E-state index contributed by atoms with van der Waals surface area (Å²) in [6.45, 7) is 5.69. The van der Waals surface area contributed by atoms with Gasteiger partial charge in [0, 0.05) is 11.3 Å². The zero-order chi connectivity index (χ0) is 19.8. The molecule has 0 saturated heterocycles. The van der Waals surface area contributed by atoms with Crippen LogP contribution in [0.4, 0.5) is 11.4 Å². The van der Waals surface area contributed by atoms with Crippen molar-refractivity contribution >= 4 is 28.1 Å². The number of imidazole rings is 1. The van der Waals surface area contributed by atoms with Crippen molar-refractivity contribution in [2.75, 3.05) is 5.73 Å². The molecule has 0 saturated carbocycles. The first-order chi connectivity index (χ1) is 13.4. The first-order valence-corrected chi connectivity index (χ1v) is 8.92. The van der Waals surface area contributed by atoms with Gasteiger partial charge in [-0.2, -0.15) is 0 Å². The highest BCUT2D eigenvalue weighted by Gasteiger charge is 2.12. The van der Waals surface area contributed by atoms with Crippen molar-refractivity contribution in [1.29, 1.82) is 0 Å². The van der Waals surface area contributed by atoms with Crippen LogP contribution in [0.2, 0.25) is 0 Å². The summed E-state index contributed by atoms with van der Waals surface area (Å²) >= 11 is 0. The molecule has 2 aromatic carbocycles. The van der Waals surface area contributed by atoms with E-state index in [1.165, 1.54) is 6.26 Å². The summed E-state index contributed by atoms with van der Waals surface area (Å²) in [7, 11) is 0. The van der Waals surface area contributed by atoms with Crippen molar-refractivity contribution in [3.05, 3.63) is 64.9 Å². The van der Waals surface area contributed by atoms with E-state index in [4.69, 9.17) is 10.2 Å². The minimum absolute atomic E-state index is 0.0958. The first-order valence-electron chi connectivity index (χ1n) is 8.92. The molecule has 0 aliphatic carbocycles. The van der Waals surface area contributed by atoms with E-state index < -0.39 is 0 Å². The number of hydrogen-bond donors (Lipinski definition) is 2. The largest absolute Gasteiger partial charge is 0.463 e. The number of nitrogens with one attached hydrogen (secondary N) is 1. The number of aryl methyl sites for hydroxylation is 1. The van der Waals surface area contributed by atoms with Gasteiger partial charge in [0.25, 0.3) is 0 Å². The fourth-order valence-corrected chi connectivity index (χ4v) is 3.11. The lowest BCUT2D eigenvalue weighted by Gasteiger charge is -2.07. The molecule has 140 valence electrons. The predicted molar refractivity (Wildman–Crippen MR) is 113 cm³/mol. The maximum atomic E-state index is 13.1. The molecule has 6 nitrogen and oxygen atoms in total. The average Bonchev–Trinajstić information content (AvgIpc) is 3.10. The number of nitrogens with two attached hydrogens (primary N) is 1. The third kappa shape index (κ3) is 3.20. The Bertz CT molecular complexity index is 1280. The van der Waals surface area contributed by atoms with Gasteiger partial charge in [-0.1, -0.05) is 12.1 Å². The highest BCUT2D eigenvalue weighted by atomic mass is 16.3. The molecular weight excluding hydrogens is 352 g/mol. The molecule has 0 bridgehead atoms. The Hall–Kier alpha value is -3.67. The normalized spacial score (nSPS) is 11.0. The standard InChI is InChI=1S/C22H20N4O2/c1-12(2)25-19-8-14(5-7-18(19)23)17-11-28-21-9-15(4-6-16(21)22(17)27)20-10-24-13(3)26-20/h4-11H,23H2,1-3H3,(H,24,26). The van der Waals surface area contributed by atoms with Crippen LogP contribution >= 0.6 is 0 Å². The smallest absolute Gasteiger partial charge is 0.200 e. The van der Waals surface area contributed by atoms with E-state index in [0.717, 1.165) is 28.4 Å². The molecule has 0 aliphatic heterocycles. The van der Waals surface area contributed by atoms with Crippen molar-refractivity contribution in [3.8, 4) is 22.4 Å². The van der Waals surface area contributed by atoms with E-state index >= 15 is 0 Å². The third-order valence-electron chi connectivity index (χ3n) is 4.47. The van der Waals surface area contributed by atoms with Crippen LogP contribution in [0.5, 0.6) is 0 Å². The van der Waals surface area contributed by atoms with E-state index in [-0.39, 0.29) is 5.43 Å². The van der Waals surface area contributed by atoms with Gasteiger partial charge < -0.3 is 15.1 Å². The van der Waals surface area contributed by atoms with Crippen molar-refractivity contribution in [3.63, 3.8) is 0 Å². The van der Waals surface area contributed by atoms with Crippen molar-refractivity contribution in [1.82, 2.24) is 9.97 Å². The molecule has 2 aromatic heterocycles. The second kappa shape index (κ2) is 6.81. The number of anilines is 1. The molecule has 0 atom stereocenters. The molecule has 0 unspecified atom stereocenters. The highest BCUT2D eigenvalue weighted by Crippen LogP contribution is 2.30. The van der Waals surface area contributed by atoms with Crippen molar-refractivity contribution in [2.45, 2.75) is 20.8 Å². The van der Waals surface area contributed by atoms with Gasteiger partial charge >= 0.3 is 0 Å². The average molecular weight is 372 g/mol. The quantitative estimate of drug-likeness (QED) is 0.397. The van der Waals surface area contributed by atoms with Crippen molar-refractivity contribution < 1.29 is 4.42 Å². The number of H-pyrrole nitrogens is 1. The predicted octanol–water partition coefficient (Wildman–Crippen LogP) is 4.85. The Kier molecular flexibility index (Phi) is 4.31. The van der Waals surface area contributed by atoms with Crippen molar-refractivity contribution in [2.24, 2.45) is 4.99 Å². The van der Waals surface area contributed by atoms with Gasteiger partial charge in [0.2, 0.25) is 0 Å². The summed E-state index contributed by atoms with van der Waals surface area (Å²) < 4.78 is 5.80. The zero-order valence-corrected chi connectivity index (χ0v) is 15.9. The Morgan fingerprint density at radius 2 is 1.93 bits per heavy atom. The lowest BCUT2D eigenvalue weighted by molar-refractivity contribution is 0.605. The van der Waals surface area contributed by atoms with E-state index in [9.17, 15) is 4.79 Å². The van der Waals surface area contributed by atoms with Gasteiger partial charge in [-0.15, -0.1) is 0 Å². The SMILES string of the molecule is CC(C)=Nc1cc(-c2coc3cc(-c4cnc(C)[nH]4)ccc3c2=O)ccc1N. The fourth-order valence-electron chi connectivity index (χ4n) is 3.11. The summed E-state index contributed by atoms with van der Waals surface area (Å²) in [6, 6.07) is 10.9. The van der Waals surface area contributed by atoms with E-state index in [2.05, 4.69) is 15.0 Å². The van der Waals surface area contributed by atoms with E-state index in [1.807, 2.05) is 39.0 Å². The van der Waals surface area contributed by atoms with Crippen LogP contribution in [-0.2, 0) is 0 Å². The minimum atomic E-state index is -0.0958. The Morgan fingerprint density at radius 1 is 1.14 bits per heavy atom. The minimum Gasteiger partial charge on any atom is -0.463 e. The molecule has 0 amide bonds. The van der Waals surface area contributed by atoms with Crippen LogP contribution in [0.15, 0.2) is 63.1 Å². The lowest BCUT2D eigenvalue weighted by atomic mass is 10.0. The number of aliphatic imine (C=N–C) groups is 1. The molecule has 0 fully saturated rings. The van der Waals surface area contributed by atoms with E-state index in [0.29, 0.717) is 27.9 Å². The third-order valence-corrected chi connectivity index (χ3v) is 4.47. The second-order valence-corrected chi connectivity index (χ2v) is 6.90. The lowest BCUT2D eigenvalue weighted by Crippen LogP contribution is -2.05. The first kappa shape index (κ1) is 17.7. The highest BCUT2D eigenvalue weighted by molar-refractivity contribution is 5.88. The summed E-state index contributed by atoms with van der Waals surface area (Å²) in [5.74, 6) is 0.830. The molecule has 4 rings (SSSR count). The molecule has 0 spiro atoms. The summed E-state index contributed by atoms with van der Waals surface area (Å²) in [5, 5.41) is 0.519.